The van der Waals surface area contributed by atoms with E-state index in [1.54, 1.807) is 6.92 Å². The van der Waals surface area contributed by atoms with E-state index in [1.807, 2.05) is 13.0 Å². The first-order valence-electron chi connectivity index (χ1n) is 4.80. The molecule has 1 saturated carbocycles. The minimum absolute atomic E-state index is 0.184. The molecule has 4 heteroatoms. The highest BCUT2D eigenvalue weighted by Gasteiger charge is 2.56. The lowest BCUT2D eigenvalue weighted by atomic mass is 10.0. The van der Waals surface area contributed by atoms with Gasteiger partial charge in [-0.15, -0.1) is 0 Å². The van der Waals surface area contributed by atoms with Crippen LogP contribution in [0.4, 0.5) is 0 Å². The van der Waals surface area contributed by atoms with Gasteiger partial charge in [-0.3, -0.25) is 4.79 Å². The van der Waals surface area contributed by atoms with Gasteiger partial charge in [-0.25, -0.2) is 0 Å². The number of esters is 1. The smallest absolute Gasteiger partial charge is 0.319 e. The largest absolute Gasteiger partial charge is 0.465 e. The molecule has 1 aromatic rings. The van der Waals surface area contributed by atoms with Crippen LogP contribution >= 0.6 is 0 Å². The summed E-state index contributed by atoms with van der Waals surface area (Å²) in [4.78, 5) is 11.6. The third kappa shape index (κ3) is 1.31. The Balaban J connectivity index is 2.21. The van der Waals surface area contributed by atoms with Crippen molar-refractivity contribution in [2.75, 3.05) is 6.61 Å². The average molecular weight is 195 g/mol. The van der Waals surface area contributed by atoms with Crippen molar-refractivity contribution < 1.29 is 14.1 Å². The molecule has 4 nitrogen and oxygen atoms in total. The first kappa shape index (κ1) is 9.24. The number of carbonyl (C=O) groups excluding carboxylic acids is 1. The fourth-order valence-electron chi connectivity index (χ4n) is 1.53. The Morgan fingerprint density at radius 3 is 2.86 bits per heavy atom. The van der Waals surface area contributed by atoms with Gasteiger partial charge in [-0.05, 0) is 26.7 Å². The quantitative estimate of drug-likeness (QED) is 0.687. The zero-order chi connectivity index (χ0) is 10.2. The number of carbonyl (C=O) groups is 1. The highest BCUT2D eigenvalue weighted by atomic mass is 16.5. The summed E-state index contributed by atoms with van der Waals surface area (Å²) in [6.45, 7) is 4.06. The van der Waals surface area contributed by atoms with Crippen LogP contribution in [-0.4, -0.2) is 17.7 Å². The molecule has 0 amide bonds. The van der Waals surface area contributed by atoms with Gasteiger partial charge in [0.05, 0.1) is 12.3 Å². The zero-order valence-electron chi connectivity index (χ0n) is 8.37. The second kappa shape index (κ2) is 3.12. The molecule has 0 aromatic carbocycles. The van der Waals surface area contributed by atoms with Gasteiger partial charge in [0.2, 0.25) is 0 Å². The minimum atomic E-state index is -0.517. The van der Waals surface area contributed by atoms with Gasteiger partial charge in [0.15, 0.2) is 5.76 Å². The first-order valence-corrected chi connectivity index (χ1v) is 4.80. The second-order valence-corrected chi connectivity index (χ2v) is 3.64. The molecule has 0 N–H and O–H groups in total. The Hall–Kier alpha value is -1.32. The molecular weight excluding hydrogens is 182 g/mol. The third-order valence-electron chi connectivity index (χ3n) is 2.52. The molecule has 14 heavy (non-hydrogen) atoms. The summed E-state index contributed by atoms with van der Waals surface area (Å²) in [5, 5.41) is 3.78. The molecule has 0 saturated heterocycles. The Morgan fingerprint density at radius 1 is 1.71 bits per heavy atom. The normalized spacial score (nSPS) is 17.9. The number of aryl methyl sites for hydroxylation is 1. The summed E-state index contributed by atoms with van der Waals surface area (Å²) >= 11 is 0. The molecule has 1 aliphatic rings. The van der Waals surface area contributed by atoms with Gasteiger partial charge in [-0.1, -0.05) is 5.16 Å². The van der Waals surface area contributed by atoms with Gasteiger partial charge in [-0.2, -0.15) is 0 Å². The van der Waals surface area contributed by atoms with Crippen molar-refractivity contribution in [1.82, 2.24) is 5.16 Å². The van der Waals surface area contributed by atoms with Crippen molar-refractivity contribution in [3.05, 3.63) is 17.5 Å². The topological polar surface area (TPSA) is 52.3 Å². The van der Waals surface area contributed by atoms with Gasteiger partial charge in [0, 0.05) is 6.07 Å². The Morgan fingerprint density at radius 2 is 2.43 bits per heavy atom. The molecule has 0 radical (unpaired) electrons. The highest BCUT2D eigenvalue weighted by Crippen LogP contribution is 2.49. The molecule has 76 valence electrons. The van der Waals surface area contributed by atoms with E-state index in [0.717, 1.165) is 18.5 Å². The van der Waals surface area contributed by atoms with Crippen LogP contribution in [0.1, 0.15) is 31.2 Å². The summed E-state index contributed by atoms with van der Waals surface area (Å²) in [7, 11) is 0. The van der Waals surface area contributed by atoms with E-state index >= 15 is 0 Å². The van der Waals surface area contributed by atoms with Crippen molar-refractivity contribution >= 4 is 5.97 Å². The van der Waals surface area contributed by atoms with Crippen LogP contribution in [0, 0.1) is 6.92 Å². The van der Waals surface area contributed by atoms with E-state index in [2.05, 4.69) is 5.16 Å². The second-order valence-electron chi connectivity index (χ2n) is 3.64. The minimum Gasteiger partial charge on any atom is -0.465 e. The Labute approximate surface area is 82.2 Å². The van der Waals surface area contributed by atoms with Gasteiger partial charge < -0.3 is 9.26 Å². The van der Waals surface area contributed by atoms with Crippen LogP contribution in [0.5, 0.6) is 0 Å². The van der Waals surface area contributed by atoms with Crippen molar-refractivity contribution in [3.63, 3.8) is 0 Å². The molecule has 1 aromatic heterocycles. The van der Waals surface area contributed by atoms with Crippen molar-refractivity contribution in [1.29, 1.82) is 0 Å². The van der Waals surface area contributed by atoms with Crippen molar-refractivity contribution in [3.8, 4) is 0 Å². The maximum atomic E-state index is 11.6. The molecule has 0 spiro atoms. The molecular formula is C10H13NO3. The van der Waals surface area contributed by atoms with Crippen molar-refractivity contribution in [2.24, 2.45) is 0 Å². The predicted molar refractivity (Wildman–Crippen MR) is 48.8 cm³/mol. The van der Waals surface area contributed by atoms with Crippen LogP contribution in [-0.2, 0) is 14.9 Å². The van der Waals surface area contributed by atoms with Crippen LogP contribution in [0.3, 0.4) is 0 Å². The first-order chi connectivity index (χ1) is 6.69. The number of rotatable bonds is 3. The van der Waals surface area contributed by atoms with E-state index in [4.69, 9.17) is 9.26 Å². The summed E-state index contributed by atoms with van der Waals surface area (Å²) in [5.74, 6) is 0.463. The van der Waals surface area contributed by atoms with Gasteiger partial charge in [0.1, 0.15) is 5.41 Å². The van der Waals surface area contributed by atoms with Crippen LogP contribution in [0.2, 0.25) is 0 Å². The van der Waals surface area contributed by atoms with E-state index in [1.165, 1.54) is 0 Å². The van der Waals surface area contributed by atoms with E-state index in [-0.39, 0.29) is 5.97 Å². The van der Waals surface area contributed by atoms with E-state index < -0.39 is 5.41 Å². The fourth-order valence-corrected chi connectivity index (χ4v) is 1.53. The number of hydrogen-bond donors (Lipinski definition) is 0. The lowest BCUT2D eigenvalue weighted by Crippen LogP contribution is -2.22. The predicted octanol–water partition coefficient (Wildman–Crippen LogP) is 1.58. The van der Waals surface area contributed by atoms with E-state index in [9.17, 15) is 4.79 Å². The molecule has 2 rings (SSSR count). The Kier molecular flexibility index (Phi) is 2.06. The lowest BCUT2D eigenvalue weighted by molar-refractivity contribution is -0.146. The average Bonchev–Trinajstić information content (AvgIpc) is 2.85. The number of nitrogens with zero attached hydrogens (tertiary/aromatic N) is 1. The molecule has 0 atom stereocenters. The third-order valence-corrected chi connectivity index (χ3v) is 2.52. The van der Waals surface area contributed by atoms with Crippen LogP contribution < -0.4 is 0 Å². The lowest BCUT2D eigenvalue weighted by Gasteiger charge is -2.09. The molecule has 1 heterocycles. The Bertz CT molecular complexity index is 352. The van der Waals surface area contributed by atoms with E-state index in [0.29, 0.717) is 12.4 Å². The number of hydrogen-bond acceptors (Lipinski definition) is 4. The zero-order valence-corrected chi connectivity index (χ0v) is 8.37. The number of ether oxygens (including phenoxy) is 1. The summed E-state index contributed by atoms with van der Waals surface area (Å²) in [6.07, 6.45) is 1.61. The highest BCUT2D eigenvalue weighted by molar-refractivity contribution is 5.85. The summed E-state index contributed by atoms with van der Waals surface area (Å²) in [5.41, 5.74) is 0.285. The summed E-state index contributed by atoms with van der Waals surface area (Å²) in [6, 6.07) is 1.81. The van der Waals surface area contributed by atoms with Crippen LogP contribution in [0.15, 0.2) is 10.6 Å². The maximum absolute atomic E-state index is 11.6. The monoisotopic (exact) mass is 195 g/mol. The molecule has 0 aliphatic heterocycles. The molecule has 1 aliphatic carbocycles. The fraction of sp³-hybridized carbons (Fsp3) is 0.600. The SMILES string of the molecule is CCOC(=O)C1(c2cc(C)no2)CC1. The molecule has 0 bridgehead atoms. The maximum Gasteiger partial charge on any atom is 0.319 e. The van der Waals surface area contributed by atoms with Gasteiger partial charge in [0.25, 0.3) is 0 Å². The molecule has 0 unspecified atom stereocenters. The summed E-state index contributed by atoms with van der Waals surface area (Å²) < 4.78 is 10.1. The van der Waals surface area contributed by atoms with Crippen LogP contribution in [0.25, 0.3) is 0 Å². The molecule has 1 fully saturated rings. The number of aromatic nitrogens is 1. The van der Waals surface area contributed by atoms with Crippen molar-refractivity contribution in [2.45, 2.75) is 32.1 Å². The van der Waals surface area contributed by atoms with Gasteiger partial charge >= 0.3 is 5.97 Å². The standard InChI is InChI=1S/C10H13NO3/c1-3-13-9(12)10(4-5-10)8-6-7(2)11-14-8/h6H,3-5H2,1-2H3.